The number of aromatic hydroxyl groups is 1. The summed E-state index contributed by atoms with van der Waals surface area (Å²) in [5.41, 5.74) is -0.0469. The van der Waals surface area contributed by atoms with Crippen LogP contribution in [0.1, 0.15) is 23.8 Å². The number of esters is 1. The van der Waals surface area contributed by atoms with Crippen molar-refractivity contribution in [2.75, 3.05) is 13.2 Å². The van der Waals surface area contributed by atoms with Crippen molar-refractivity contribution in [3.63, 3.8) is 0 Å². The Bertz CT molecular complexity index is 406. The topological polar surface area (TPSA) is 88.5 Å². The number of carbonyl (C=O) groups is 2. The SMILES string of the molecule is CCC(=O)OCCNC(=O)c1ncccc1O. The Morgan fingerprint density at radius 1 is 1.53 bits per heavy atom. The molecular formula is C11H14N2O4. The molecule has 0 atom stereocenters. The summed E-state index contributed by atoms with van der Waals surface area (Å²) in [7, 11) is 0. The summed E-state index contributed by atoms with van der Waals surface area (Å²) in [5.74, 6) is -1.01. The van der Waals surface area contributed by atoms with Crippen molar-refractivity contribution in [1.82, 2.24) is 10.3 Å². The highest BCUT2D eigenvalue weighted by Gasteiger charge is 2.11. The molecule has 2 N–H and O–H groups in total. The lowest BCUT2D eigenvalue weighted by atomic mass is 10.3. The van der Waals surface area contributed by atoms with Crippen molar-refractivity contribution in [2.24, 2.45) is 0 Å². The summed E-state index contributed by atoms with van der Waals surface area (Å²) in [5, 5.41) is 11.8. The Morgan fingerprint density at radius 2 is 2.29 bits per heavy atom. The van der Waals surface area contributed by atoms with Crippen molar-refractivity contribution < 1.29 is 19.4 Å². The Hall–Kier alpha value is -2.11. The predicted octanol–water partition coefficient (Wildman–Crippen LogP) is 0.470. The van der Waals surface area contributed by atoms with Gasteiger partial charge < -0.3 is 15.2 Å². The van der Waals surface area contributed by atoms with Crippen molar-refractivity contribution in [1.29, 1.82) is 0 Å². The number of amides is 1. The van der Waals surface area contributed by atoms with Crippen molar-refractivity contribution in [3.8, 4) is 5.75 Å². The van der Waals surface area contributed by atoms with Crippen LogP contribution in [0, 0.1) is 0 Å². The van der Waals surface area contributed by atoms with Gasteiger partial charge in [0.1, 0.15) is 12.4 Å². The van der Waals surface area contributed by atoms with Gasteiger partial charge in [-0.2, -0.15) is 0 Å². The van der Waals surface area contributed by atoms with Gasteiger partial charge in [-0.1, -0.05) is 6.92 Å². The Labute approximate surface area is 98.6 Å². The normalized spacial score (nSPS) is 9.71. The molecule has 0 spiro atoms. The molecular weight excluding hydrogens is 224 g/mol. The predicted molar refractivity (Wildman–Crippen MR) is 59.5 cm³/mol. The van der Waals surface area contributed by atoms with Crippen LogP contribution in [0.3, 0.4) is 0 Å². The van der Waals surface area contributed by atoms with Crippen LogP contribution >= 0.6 is 0 Å². The van der Waals surface area contributed by atoms with E-state index in [1.54, 1.807) is 6.92 Å². The number of pyridine rings is 1. The lowest BCUT2D eigenvalue weighted by molar-refractivity contribution is -0.143. The first-order chi connectivity index (χ1) is 8.15. The molecule has 6 heteroatoms. The second-order valence-electron chi connectivity index (χ2n) is 3.20. The zero-order chi connectivity index (χ0) is 12.7. The Balaban J connectivity index is 2.36. The molecule has 1 rings (SSSR count). The van der Waals surface area contributed by atoms with Crippen molar-refractivity contribution >= 4 is 11.9 Å². The van der Waals surface area contributed by atoms with E-state index in [1.165, 1.54) is 18.3 Å². The van der Waals surface area contributed by atoms with E-state index in [4.69, 9.17) is 4.74 Å². The Morgan fingerprint density at radius 3 is 2.94 bits per heavy atom. The molecule has 0 saturated carbocycles. The number of aromatic nitrogens is 1. The maximum Gasteiger partial charge on any atom is 0.305 e. The van der Waals surface area contributed by atoms with Gasteiger partial charge >= 0.3 is 5.97 Å². The van der Waals surface area contributed by atoms with Crippen molar-refractivity contribution in [2.45, 2.75) is 13.3 Å². The quantitative estimate of drug-likeness (QED) is 0.575. The van der Waals surface area contributed by atoms with E-state index in [0.717, 1.165) is 0 Å². The second-order valence-corrected chi connectivity index (χ2v) is 3.20. The van der Waals surface area contributed by atoms with Crippen LogP contribution in [0.25, 0.3) is 0 Å². The molecule has 1 heterocycles. The molecule has 0 aliphatic rings. The lowest BCUT2D eigenvalue weighted by Crippen LogP contribution is -2.28. The lowest BCUT2D eigenvalue weighted by Gasteiger charge is -2.06. The zero-order valence-corrected chi connectivity index (χ0v) is 9.47. The molecule has 1 aromatic heterocycles. The summed E-state index contributed by atoms with van der Waals surface area (Å²) in [4.78, 5) is 26.0. The van der Waals surface area contributed by atoms with Crippen LogP contribution in [-0.4, -0.2) is 35.1 Å². The first-order valence-electron chi connectivity index (χ1n) is 5.23. The molecule has 1 aromatic rings. The number of rotatable bonds is 5. The fraction of sp³-hybridized carbons (Fsp3) is 0.364. The van der Waals surface area contributed by atoms with Crippen molar-refractivity contribution in [3.05, 3.63) is 24.0 Å². The summed E-state index contributed by atoms with van der Waals surface area (Å²) in [6.45, 7) is 1.97. The van der Waals surface area contributed by atoms with E-state index in [-0.39, 0.29) is 30.6 Å². The molecule has 0 bridgehead atoms. The third-order valence-electron chi connectivity index (χ3n) is 1.94. The van der Waals surface area contributed by atoms with E-state index in [1.807, 2.05) is 0 Å². The number of nitrogens with one attached hydrogen (secondary N) is 1. The minimum atomic E-state index is -0.504. The van der Waals surface area contributed by atoms with Gasteiger partial charge in [0.25, 0.3) is 5.91 Å². The molecule has 17 heavy (non-hydrogen) atoms. The van der Waals surface area contributed by atoms with Crippen LogP contribution in [-0.2, 0) is 9.53 Å². The largest absolute Gasteiger partial charge is 0.505 e. The summed E-state index contributed by atoms with van der Waals surface area (Å²) in [6.07, 6.45) is 1.71. The number of carbonyl (C=O) groups excluding carboxylic acids is 2. The fourth-order valence-electron chi connectivity index (χ4n) is 1.09. The summed E-state index contributed by atoms with van der Waals surface area (Å²) >= 11 is 0. The maximum atomic E-state index is 11.5. The Kier molecular flexibility index (Phi) is 4.93. The van der Waals surface area contributed by atoms with E-state index < -0.39 is 5.91 Å². The molecule has 0 radical (unpaired) electrons. The van der Waals surface area contributed by atoms with Gasteiger partial charge in [-0.15, -0.1) is 0 Å². The highest BCUT2D eigenvalue weighted by molar-refractivity contribution is 5.94. The average molecular weight is 238 g/mol. The van der Waals surface area contributed by atoms with E-state index >= 15 is 0 Å². The van der Waals surface area contributed by atoms with Crippen LogP contribution in [0.5, 0.6) is 5.75 Å². The third-order valence-corrected chi connectivity index (χ3v) is 1.94. The average Bonchev–Trinajstić information content (AvgIpc) is 2.34. The van der Waals surface area contributed by atoms with Gasteiger partial charge in [0.05, 0.1) is 6.54 Å². The molecule has 0 aliphatic heterocycles. The van der Waals surface area contributed by atoms with Crippen LogP contribution < -0.4 is 5.32 Å². The summed E-state index contributed by atoms with van der Waals surface area (Å²) in [6, 6.07) is 2.90. The van der Waals surface area contributed by atoms with Gasteiger partial charge in [0.2, 0.25) is 0 Å². The number of hydrogen-bond donors (Lipinski definition) is 2. The maximum absolute atomic E-state index is 11.5. The highest BCUT2D eigenvalue weighted by Crippen LogP contribution is 2.11. The molecule has 6 nitrogen and oxygen atoms in total. The van der Waals surface area contributed by atoms with E-state index in [9.17, 15) is 14.7 Å². The van der Waals surface area contributed by atoms with E-state index in [0.29, 0.717) is 6.42 Å². The summed E-state index contributed by atoms with van der Waals surface area (Å²) < 4.78 is 4.77. The molecule has 0 unspecified atom stereocenters. The molecule has 0 aromatic carbocycles. The van der Waals surface area contributed by atoms with Crippen LogP contribution in [0.15, 0.2) is 18.3 Å². The molecule has 0 saturated heterocycles. The number of ether oxygens (including phenoxy) is 1. The minimum absolute atomic E-state index is 0.0469. The minimum Gasteiger partial charge on any atom is -0.505 e. The third kappa shape index (κ3) is 4.10. The smallest absolute Gasteiger partial charge is 0.305 e. The van der Waals surface area contributed by atoms with Crippen LogP contribution in [0.4, 0.5) is 0 Å². The van der Waals surface area contributed by atoms with Gasteiger partial charge in [-0.05, 0) is 12.1 Å². The van der Waals surface area contributed by atoms with Crippen LogP contribution in [0.2, 0.25) is 0 Å². The second kappa shape index (κ2) is 6.47. The van der Waals surface area contributed by atoms with Gasteiger partial charge in [-0.3, -0.25) is 9.59 Å². The molecule has 0 aliphatic carbocycles. The zero-order valence-electron chi connectivity index (χ0n) is 9.47. The van der Waals surface area contributed by atoms with Gasteiger partial charge in [0.15, 0.2) is 5.69 Å². The van der Waals surface area contributed by atoms with E-state index in [2.05, 4.69) is 10.3 Å². The highest BCUT2D eigenvalue weighted by atomic mass is 16.5. The standard InChI is InChI=1S/C11H14N2O4/c1-2-9(15)17-7-6-13-11(16)10-8(14)4-3-5-12-10/h3-5,14H,2,6-7H2,1H3,(H,13,16). The van der Waals surface area contributed by atoms with Gasteiger partial charge in [-0.25, -0.2) is 4.98 Å². The molecule has 1 amide bonds. The van der Waals surface area contributed by atoms with Gasteiger partial charge in [0, 0.05) is 12.6 Å². The first kappa shape index (κ1) is 13.0. The fourth-order valence-corrected chi connectivity index (χ4v) is 1.09. The monoisotopic (exact) mass is 238 g/mol. The first-order valence-corrected chi connectivity index (χ1v) is 5.23. The molecule has 92 valence electrons. The molecule has 0 fully saturated rings. The number of hydrogen-bond acceptors (Lipinski definition) is 5. The number of nitrogens with zero attached hydrogens (tertiary/aromatic N) is 1.